The van der Waals surface area contributed by atoms with E-state index in [0.29, 0.717) is 0 Å². The molecule has 2 rings (SSSR count). The number of carbonyl (C=O) groups excluding carboxylic acids is 1. The zero-order valence-corrected chi connectivity index (χ0v) is 13.6. The van der Waals surface area contributed by atoms with E-state index < -0.39 is 0 Å². The van der Waals surface area contributed by atoms with Gasteiger partial charge in [0.25, 0.3) is 0 Å². The number of anilines is 2. The summed E-state index contributed by atoms with van der Waals surface area (Å²) < 4.78 is 0.944. The van der Waals surface area contributed by atoms with Gasteiger partial charge in [-0.05, 0) is 42.3 Å². The molecule has 0 fully saturated rings. The van der Waals surface area contributed by atoms with Crippen molar-refractivity contribution in [2.75, 3.05) is 17.2 Å². The third-order valence-corrected chi connectivity index (χ3v) is 3.55. The molecule has 0 bridgehead atoms. The van der Waals surface area contributed by atoms with Crippen LogP contribution in [0.1, 0.15) is 18.9 Å². The van der Waals surface area contributed by atoms with Gasteiger partial charge in [0.15, 0.2) is 0 Å². The topological polar surface area (TPSA) is 41.1 Å². The predicted molar refractivity (Wildman–Crippen MR) is 91.7 cm³/mol. The number of aryl methyl sites for hydroxylation is 1. The van der Waals surface area contributed by atoms with Crippen LogP contribution in [0.2, 0.25) is 0 Å². The van der Waals surface area contributed by atoms with E-state index in [1.807, 2.05) is 36.4 Å². The summed E-state index contributed by atoms with van der Waals surface area (Å²) in [5.41, 5.74) is 3.07. The van der Waals surface area contributed by atoms with Crippen molar-refractivity contribution >= 4 is 33.2 Å². The second-order valence-corrected chi connectivity index (χ2v) is 5.77. The lowest BCUT2D eigenvalue weighted by Gasteiger charge is -2.08. The summed E-state index contributed by atoms with van der Waals surface area (Å²) in [6.07, 6.45) is 2.23. The normalized spacial score (nSPS) is 10.2. The highest BCUT2D eigenvalue weighted by atomic mass is 79.9. The standard InChI is InChI=1S/C17H19BrN2O/c1-2-4-13-7-9-15(10-8-13)19-12-17(21)20-16-6-3-5-14(18)11-16/h3,5-11,19H,2,4,12H2,1H3,(H,20,21). The highest BCUT2D eigenvalue weighted by Crippen LogP contribution is 2.15. The predicted octanol–water partition coefficient (Wildman–Crippen LogP) is 4.45. The van der Waals surface area contributed by atoms with E-state index in [-0.39, 0.29) is 12.5 Å². The fourth-order valence-corrected chi connectivity index (χ4v) is 2.43. The zero-order valence-electron chi connectivity index (χ0n) is 12.0. The quantitative estimate of drug-likeness (QED) is 0.810. The number of amides is 1. The Labute approximate surface area is 133 Å². The van der Waals surface area contributed by atoms with E-state index in [2.05, 4.69) is 45.6 Å². The van der Waals surface area contributed by atoms with Crippen molar-refractivity contribution in [3.63, 3.8) is 0 Å². The van der Waals surface area contributed by atoms with Crippen LogP contribution in [0.4, 0.5) is 11.4 Å². The summed E-state index contributed by atoms with van der Waals surface area (Å²) in [4.78, 5) is 11.9. The highest BCUT2D eigenvalue weighted by Gasteiger charge is 2.02. The van der Waals surface area contributed by atoms with Gasteiger partial charge < -0.3 is 10.6 Å². The fraction of sp³-hybridized carbons (Fsp3) is 0.235. The van der Waals surface area contributed by atoms with Crippen LogP contribution in [0.5, 0.6) is 0 Å². The number of halogens is 1. The smallest absolute Gasteiger partial charge is 0.243 e. The first-order chi connectivity index (χ1) is 10.2. The molecule has 0 saturated heterocycles. The van der Waals surface area contributed by atoms with Crippen LogP contribution < -0.4 is 10.6 Å². The lowest BCUT2D eigenvalue weighted by Crippen LogP contribution is -2.21. The molecule has 21 heavy (non-hydrogen) atoms. The number of rotatable bonds is 6. The third kappa shape index (κ3) is 5.23. The van der Waals surface area contributed by atoms with Crippen LogP contribution in [0.3, 0.4) is 0 Å². The molecule has 0 unspecified atom stereocenters. The van der Waals surface area contributed by atoms with Crippen LogP contribution >= 0.6 is 15.9 Å². The van der Waals surface area contributed by atoms with Crippen LogP contribution in [-0.2, 0) is 11.2 Å². The van der Waals surface area contributed by atoms with Gasteiger partial charge in [-0.1, -0.05) is 47.5 Å². The summed E-state index contributed by atoms with van der Waals surface area (Å²) in [5, 5.41) is 5.98. The first kappa shape index (κ1) is 15.6. The molecule has 4 heteroatoms. The Morgan fingerprint density at radius 2 is 1.86 bits per heavy atom. The number of nitrogens with one attached hydrogen (secondary N) is 2. The lowest BCUT2D eigenvalue weighted by atomic mass is 10.1. The average molecular weight is 347 g/mol. The SMILES string of the molecule is CCCc1ccc(NCC(=O)Nc2cccc(Br)c2)cc1. The second-order valence-electron chi connectivity index (χ2n) is 4.86. The molecule has 2 N–H and O–H groups in total. The van der Waals surface area contributed by atoms with Gasteiger partial charge in [0.1, 0.15) is 0 Å². The van der Waals surface area contributed by atoms with Crippen LogP contribution in [0, 0.1) is 0 Å². The Balaban J connectivity index is 1.83. The van der Waals surface area contributed by atoms with Gasteiger partial charge in [-0.25, -0.2) is 0 Å². The van der Waals surface area contributed by atoms with Crippen LogP contribution in [0.15, 0.2) is 53.0 Å². The van der Waals surface area contributed by atoms with Gasteiger partial charge in [-0.2, -0.15) is 0 Å². The third-order valence-electron chi connectivity index (χ3n) is 3.05. The summed E-state index contributed by atoms with van der Waals surface area (Å²) in [5.74, 6) is -0.0641. The molecule has 110 valence electrons. The van der Waals surface area contributed by atoms with Gasteiger partial charge in [0.2, 0.25) is 5.91 Å². The Hall–Kier alpha value is -1.81. The zero-order chi connectivity index (χ0) is 15.1. The molecule has 0 aliphatic heterocycles. The molecule has 0 aromatic heterocycles. The number of benzene rings is 2. The minimum absolute atomic E-state index is 0.0641. The molecule has 0 spiro atoms. The van der Waals surface area contributed by atoms with E-state index in [1.165, 1.54) is 5.56 Å². The molecule has 0 saturated carbocycles. The van der Waals surface area contributed by atoms with Crippen LogP contribution in [0.25, 0.3) is 0 Å². The van der Waals surface area contributed by atoms with E-state index in [1.54, 1.807) is 0 Å². The number of carbonyl (C=O) groups is 1. The van der Waals surface area contributed by atoms with Crippen molar-refractivity contribution in [1.29, 1.82) is 0 Å². The van der Waals surface area contributed by atoms with Gasteiger partial charge in [-0.3, -0.25) is 4.79 Å². The molecule has 0 heterocycles. The van der Waals surface area contributed by atoms with Crippen molar-refractivity contribution in [2.24, 2.45) is 0 Å². The van der Waals surface area contributed by atoms with Crippen molar-refractivity contribution in [3.05, 3.63) is 58.6 Å². The maximum Gasteiger partial charge on any atom is 0.243 e. The monoisotopic (exact) mass is 346 g/mol. The largest absolute Gasteiger partial charge is 0.376 e. The van der Waals surface area contributed by atoms with Crippen LogP contribution in [-0.4, -0.2) is 12.5 Å². The van der Waals surface area contributed by atoms with Gasteiger partial charge in [0.05, 0.1) is 6.54 Å². The Bertz CT molecular complexity index is 596. The molecular weight excluding hydrogens is 328 g/mol. The summed E-state index contributed by atoms with van der Waals surface area (Å²) in [7, 11) is 0. The second kappa shape index (κ2) is 7.84. The maximum atomic E-state index is 11.9. The minimum atomic E-state index is -0.0641. The van der Waals surface area contributed by atoms with E-state index in [0.717, 1.165) is 28.7 Å². The first-order valence-electron chi connectivity index (χ1n) is 7.05. The van der Waals surface area contributed by atoms with Crippen molar-refractivity contribution in [1.82, 2.24) is 0 Å². The molecule has 0 radical (unpaired) electrons. The Morgan fingerprint density at radius 3 is 2.52 bits per heavy atom. The molecule has 2 aromatic rings. The molecule has 2 aromatic carbocycles. The summed E-state index contributed by atoms with van der Waals surface area (Å²) in [6, 6.07) is 15.8. The maximum absolute atomic E-state index is 11.9. The van der Waals surface area contributed by atoms with E-state index in [4.69, 9.17) is 0 Å². The van der Waals surface area contributed by atoms with Crippen molar-refractivity contribution in [2.45, 2.75) is 19.8 Å². The highest BCUT2D eigenvalue weighted by molar-refractivity contribution is 9.10. The molecular formula is C17H19BrN2O. The molecule has 0 aliphatic rings. The van der Waals surface area contributed by atoms with Gasteiger partial charge in [-0.15, -0.1) is 0 Å². The average Bonchev–Trinajstić information content (AvgIpc) is 2.47. The van der Waals surface area contributed by atoms with Gasteiger partial charge >= 0.3 is 0 Å². The number of hydrogen-bond donors (Lipinski definition) is 2. The fourth-order valence-electron chi connectivity index (χ4n) is 2.03. The first-order valence-corrected chi connectivity index (χ1v) is 7.85. The molecule has 1 amide bonds. The van der Waals surface area contributed by atoms with E-state index in [9.17, 15) is 4.79 Å². The number of hydrogen-bond acceptors (Lipinski definition) is 2. The van der Waals surface area contributed by atoms with Gasteiger partial charge in [0, 0.05) is 15.8 Å². The van der Waals surface area contributed by atoms with Crippen molar-refractivity contribution in [3.8, 4) is 0 Å². The summed E-state index contributed by atoms with van der Waals surface area (Å²) in [6.45, 7) is 2.41. The van der Waals surface area contributed by atoms with E-state index >= 15 is 0 Å². The van der Waals surface area contributed by atoms with Crippen molar-refractivity contribution < 1.29 is 4.79 Å². The molecule has 0 atom stereocenters. The lowest BCUT2D eigenvalue weighted by molar-refractivity contribution is -0.114. The Morgan fingerprint density at radius 1 is 1.10 bits per heavy atom. The minimum Gasteiger partial charge on any atom is -0.376 e. The Kier molecular flexibility index (Phi) is 5.81. The molecule has 3 nitrogen and oxygen atoms in total. The summed E-state index contributed by atoms with van der Waals surface area (Å²) >= 11 is 3.38. The molecule has 0 aliphatic carbocycles.